The monoisotopic (exact) mass is 290 g/mol. The minimum Gasteiger partial charge on any atom is -0.480 e. The highest BCUT2D eigenvalue weighted by molar-refractivity contribution is 5.91. The van der Waals surface area contributed by atoms with E-state index in [2.05, 4.69) is 10.6 Å². The van der Waals surface area contributed by atoms with E-state index in [9.17, 15) is 19.2 Å². The molecule has 0 aromatic carbocycles. The Morgan fingerprint density at radius 2 is 1.65 bits per heavy atom. The number of carbonyl (C=O) groups is 4. The van der Waals surface area contributed by atoms with Crippen LogP contribution in [0.15, 0.2) is 0 Å². The zero-order chi connectivity index (χ0) is 15.7. The smallest absolute Gasteiger partial charge is 0.322 e. The van der Waals surface area contributed by atoms with Crippen molar-refractivity contribution >= 4 is 23.7 Å². The topological polar surface area (TPSA) is 171 Å². The first-order valence-corrected chi connectivity index (χ1v) is 5.71. The molecular formula is C10H18N4O6. The van der Waals surface area contributed by atoms with Gasteiger partial charge in [0.05, 0.1) is 19.2 Å². The maximum Gasteiger partial charge on any atom is 0.322 e. The zero-order valence-electron chi connectivity index (χ0n) is 10.9. The van der Waals surface area contributed by atoms with Crippen LogP contribution in [-0.4, -0.2) is 65.7 Å². The summed E-state index contributed by atoms with van der Waals surface area (Å²) in [6, 6.07) is -2.08. The minimum absolute atomic E-state index is 0.414. The Morgan fingerprint density at radius 3 is 2.10 bits per heavy atom. The first-order chi connectivity index (χ1) is 9.27. The lowest BCUT2D eigenvalue weighted by atomic mass is 10.2. The molecule has 7 N–H and O–H groups in total. The molecule has 0 saturated heterocycles. The van der Waals surface area contributed by atoms with E-state index in [1.807, 2.05) is 5.32 Å². The quantitative estimate of drug-likeness (QED) is 0.265. The fourth-order valence-corrected chi connectivity index (χ4v) is 1.05. The third kappa shape index (κ3) is 7.28. The van der Waals surface area contributed by atoms with Gasteiger partial charge in [-0.25, -0.2) is 0 Å². The number of nitrogens with one attached hydrogen (secondary N) is 3. The maximum absolute atomic E-state index is 11.4. The molecule has 3 amide bonds. The van der Waals surface area contributed by atoms with E-state index in [0.717, 1.165) is 0 Å². The van der Waals surface area contributed by atoms with E-state index in [4.69, 9.17) is 15.9 Å². The number of hydrogen-bond acceptors (Lipinski definition) is 6. The molecule has 0 aromatic rings. The third-order valence-corrected chi connectivity index (χ3v) is 2.08. The van der Waals surface area contributed by atoms with Crippen LogP contribution >= 0.6 is 0 Å². The number of hydrogen-bond donors (Lipinski definition) is 6. The van der Waals surface area contributed by atoms with Crippen LogP contribution in [0.1, 0.15) is 6.92 Å². The Labute approximate surface area is 114 Å². The molecule has 0 aliphatic rings. The Kier molecular flexibility index (Phi) is 7.85. The lowest BCUT2D eigenvalue weighted by molar-refractivity contribution is -0.138. The van der Waals surface area contributed by atoms with E-state index in [1.165, 1.54) is 6.92 Å². The summed E-state index contributed by atoms with van der Waals surface area (Å²) >= 11 is 0. The van der Waals surface area contributed by atoms with E-state index in [-0.39, 0.29) is 0 Å². The molecular weight excluding hydrogens is 272 g/mol. The van der Waals surface area contributed by atoms with Crippen LogP contribution in [0.5, 0.6) is 0 Å². The molecule has 0 aromatic heterocycles. The molecule has 0 radical (unpaired) electrons. The first-order valence-electron chi connectivity index (χ1n) is 5.71. The number of amides is 3. The number of aliphatic hydroxyl groups excluding tert-OH is 1. The third-order valence-electron chi connectivity index (χ3n) is 2.08. The van der Waals surface area contributed by atoms with Gasteiger partial charge in [0.2, 0.25) is 17.7 Å². The van der Waals surface area contributed by atoms with Gasteiger partial charge in [-0.2, -0.15) is 0 Å². The molecule has 20 heavy (non-hydrogen) atoms. The van der Waals surface area contributed by atoms with Crippen molar-refractivity contribution in [1.29, 1.82) is 0 Å². The summed E-state index contributed by atoms with van der Waals surface area (Å²) in [6.45, 7) is -0.322. The van der Waals surface area contributed by atoms with E-state index < -0.39 is 55.5 Å². The summed E-state index contributed by atoms with van der Waals surface area (Å²) in [5.41, 5.74) is 5.26. The lowest BCUT2D eigenvalue weighted by Crippen LogP contribution is -2.52. The van der Waals surface area contributed by atoms with Crippen molar-refractivity contribution in [2.75, 3.05) is 19.7 Å². The summed E-state index contributed by atoms with van der Waals surface area (Å²) in [5, 5.41) is 23.7. The van der Waals surface area contributed by atoms with Gasteiger partial charge in [-0.1, -0.05) is 0 Å². The predicted octanol–water partition coefficient (Wildman–Crippen LogP) is -3.87. The first kappa shape index (κ1) is 17.8. The number of carboxylic acids is 1. The van der Waals surface area contributed by atoms with Crippen LogP contribution in [-0.2, 0) is 19.2 Å². The SMILES string of the molecule is CC(N)C(=O)NCC(=O)NC(CO)C(=O)NCC(=O)O. The van der Waals surface area contributed by atoms with Crippen molar-refractivity contribution < 1.29 is 29.4 Å². The fourth-order valence-electron chi connectivity index (χ4n) is 1.05. The summed E-state index contributed by atoms with van der Waals surface area (Å²) < 4.78 is 0. The highest BCUT2D eigenvalue weighted by Crippen LogP contribution is 1.84. The second-order valence-electron chi connectivity index (χ2n) is 3.92. The number of carboxylic acid groups (broad SMARTS) is 1. The minimum atomic E-state index is -1.30. The van der Waals surface area contributed by atoms with Gasteiger partial charge in [0.15, 0.2) is 0 Å². The number of carbonyl (C=O) groups excluding carboxylic acids is 3. The van der Waals surface area contributed by atoms with Gasteiger partial charge in [-0.05, 0) is 6.92 Å². The largest absolute Gasteiger partial charge is 0.480 e. The Bertz CT molecular complexity index is 384. The van der Waals surface area contributed by atoms with Gasteiger partial charge in [0.25, 0.3) is 0 Å². The summed E-state index contributed by atoms with van der Waals surface area (Å²) in [5.74, 6) is -3.37. The molecule has 10 nitrogen and oxygen atoms in total. The van der Waals surface area contributed by atoms with Crippen molar-refractivity contribution in [2.24, 2.45) is 5.73 Å². The van der Waals surface area contributed by atoms with Crippen molar-refractivity contribution in [3.05, 3.63) is 0 Å². The Balaban J connectivity index is 4.21. The van der Waals surface area contributed by atoms with Crippen LogP contribution in [0, 0.1) is 0 Å². The van der Waals surface area contributed by atoms with Crippen molar-refractivity contribution in [3.8, 4) is 0 Å². The standard InChI is InChI=1S/C10H18N4O6/c1-5(11)9(19)12-2-7(16)14-6(4-15)10(20)13-3-8(17)18/h5-6,15H,2-4,11H2,1H3,(H,12,19)(H,13,20)(H,14,16)(H,17,18). The van der Waals surface area contributed by atoms with Gasteiger partial charge in [0.1, 0.15) is 12.6 Å². The number of aliphatic hydroxyl groups is 1. The van der Waals surface area contributed by atoms with Crippen LogP contribution in [0.4, 0.5) is 0 Å². The highest BCUT2D eigenvalue weighted by Gasteiger charge is 2.20. The van der Waals surface area contributed by atoms with Gasteiger partial charge < -0.3 is 31.9 Å². The van der Waals surface area contributed by atoms with Crippen LogP contribution in [0.2, 0.25) is 0 Å². The average molecular weight is 290 g/mol. The summed E-state index contributed by atoms with van der Waals surface area (Å²) in [4.78, 5) is 44.2. The fraction of sp³-hybridized carbons (Fsp3) is 0.600. The van der Waals surface area contributed by atoms with Crippen LogP contribution < -0.4 is 21.7 Å². The summed E-state index contributed by atoms with van der Waals surface area (Å²) in [7, 11) is 0. The van der Waals surface area contributed by atoms with Crippen molar-refractivity contribution in [2.45, 2.75) is 19.0 Å². The number of nitrogens with two attached hydrogens (primary N) is 1. The molecule has 0 rings (SSSR count). The lowest BCUT2D eigenvalue weighted by Gasteiger charge is -2.16. The molecule has 0 saturated carbocycles. The average Bonchev–Trinajstić information content (AvgIpc) is 2.38. The highest BCUT2D eigenvalue weighted by atomic mass is 16.4. The zero-order valence-corrected chi connectivity index (χ0v) is 10.9. The normalized spacial score (nSPS) is 12.9. The molecule has 10 heteroatoms. The van der Waals surface area contributed by atoms with Gasteiger partial charge in [0, 0.05) is 0 Å². The van der Waals surface area contributed by atoms with Crippen molar-refractivity contribution in [3.63, 3.8) is 0 Å². The van der Waals surface area contributed by atoms with E-state index in [1.54, 1.807) is 0 Å². The van der Waals surface area contributed by atoms with Gasteiger partial charge >= 0.3 is 5.97 Å². The molecule has 2 atom stereocenters. The second kappa shape index (κ2) is 8.82. The van der Waals surface area contributed by atoms with E-state index in [0.29, 0.717) is 0 Å². The van der Waals surface area contributed by atoms with Gasteiger partial charge in [-0.15, -0.1) is 0 Å². The predicted molar refractivity (Wildman–Crippen MR) is 66.3 cm³/mol. The number of aliphatic carboxylic acids is 1. The molecule has 0 aliphatic carbocycles. The maximum atomic E-state index is 11.4. The molecule has 0 spiro atoms. The molecule has 2 unspecified atom stereocenters. The Hall–Kier alpha value is -2.20. The second-order valence-corrected chi connectivity index (χ2v) is 3.92. The van der Waals surface area contributed by atoms with Crippen molar-refractivity contribution in [1.82, 2.24) is 16.0 Å². The molecule has 0 fully saturated rings. The van der Waals surface area contributed by atoms with Gasteiger partial charge in [-0.3, -0.25) is 19.2 Å². The molecule has 114 valence electrons. The van der Waals surface area contributed by atoms with Crippen LogP contribution in [0.25, 0.3) is 0 Å². The van der Waals surface area contributed by atoms with E-state index >= 15 is 0 Å². The number of rotatable bonds is 8. The molecule has 0 bridgehead atoms. The van der Waals surface area contributed by atoms with Crippen LogP contribution in [0.3, 0.4) is 0 Å². The Morgan fingerprint density at radius 1 is 1.10 bits per heavy atom. The summed E-state index contributed by atoms with van der Waals surface area (Å²) in [6.07, 6.45) is 0. The molecule has 0 aliphatic heterocycles. The molecule has 0 heterocycles.